The second-order valence-electron chi connectivity index (χ2n) is 5.00. The lowest BCUT2D eigenvalue weighted by Gasteiger charge is -2.09. The van der Waals surface area contributed by atoms with Gasteiger partial charge in [0.25, 0.3) is 5.91 Å². The molecule has 120 valence electrons. The Labute approximate surface area is 149 Å². The summed E-state index contributed by atoms with van der Waals surface area (Å²) in [5, 5.41) is 6.91. The highest BCUT2D eigenvalue weighted by Crippen LogP contribution is 2.27. The number of carbonyl (C=O) groups is 1. The van der Waals surface area contributed by atoms with Gasteiger partial charge in [-0.2, -0.15) is 0 Å². The standard InChI is InChI=1S/C18H13Cl2N3O/c19-15-7-6-13(10-16(15)20)22-14-8-9-21-17(11-14)18(24)23-12-4-2-1-3-5-12/h1-11H,(H,21,22)(H,23,24). The summed E-state index contributed by atoms with van der Waals surface area (Å²) in [7, 11) is 0. The molecular weight excluding hydrogens is 345 g/mol. The topological polar surface area (TPSA) is 54.0 Å². The van der Waals surface area contributed by atoms with E-state index in [-0.39, 0.29) is 5.91 Å². The van der Waals surface area contributed by atoms with Crippen LogP contribution in [-0.2, 0) is 0 Å². The second-order valence-corrected chi connectivity index (χ2v) is 5.82. The van der Waals surface area contributed by atoms with Gasteiger partial charge in [-0.25, -0.2) is 0 Å². The first-order chi connectivity index (χ1) is 11.6. The third kappa shape index (κ3) is 4.04. The smallest absolute Gasteiger partial charge is 0.274 e. The minimum Gasteiger partial charge on any atom is -0.355 e. The molecule has 0 saturated heterocycles. The van der Waals surface area contributed by atoms with Crippen molar-refractivity contribution in [1.29, 1.82) is 0 Å². The zero-order valence-electron chi connectivity index (χ0n) is 12.5. The first-order valence-electron chi connectivity index (χ1n) is 7.16. The predicted molar refractivity (Wildman–Crippen MR) is 98.4 cm³/mol. The van der Waals surface area contributed by atoms with Crippen molar-refractivity contribution in [2.75, 3.05) is 10.6 Å². The van der Waals surface area contributed by atoms with Crippen LogP contribution in [0.3, 0.4) is 0 Å². The summed E-state index contributed by atoms with van der Waals surface area (Å²) in [5.74, 6) is -0.279. The van der Waals surface area contributed by atoms with Gasteiger partial charge in [0.1, 0.15) is 5.69 Å². The number of halogens is 2. The Hall–Kier alpha value is -2.56. The van der Waals surface area contributed by atoms with Gasteiger partial charge in [0.05, 0.1) is 10.0 Å². The number of amides is 1. The van der Waals surface area contributed by atoms with E-state index in [0.29, 0.717) is 21.4 Å². The molecule has 0 saturated carbocycles. The lowest BCUT2D eigenvalue weighted by atomic mass is 10.2. The maximum atomic E-state index is 12.3. The molecule has 1 heterocycles. The van der Waals surface area contributed by atoms with Gasteiger partial charge in [-0.05, 0) is 42.5 Å². The van der Waals surface area contributed by atoms with E-state index in [9.17, 15) is 4.79 Å². The van der Waals surface area contributed by atoms with Crippen molar-refractivity contribution >= 4 is 46.2 Å². The molecule has 0 unspecified atom stereocenters. The molecule has 2 aromatic carbocycles. The molecule has 0 bridgehead atoms. The van der Waals surface area contributed by atoms with E-state index in [1.165, 1.54) is 0 Å². The summed E-state index contributed by atoms with van der Waals surface area (Å²) in [4.78, 5) is 16.4. The van der Waals surface area contributed by atoms with E-state index in [1.54, 1.807) is 36.5 Å². The fourth-order valence-corrected chi connectivity index (χ4v) is 2.39. The first kappa shape index (κ1) is 16.3. The third-order valence-electron chi connectivity index (χ3n) is 3.23. The van der Waals surface area contributed by atoms with Gasteiger partial charge < -0.3 is 10.6 Å². The molecule has 1 aromatic heterocycles. The molecule has 0 spiro atoms. The van der Waals surface area contributed by atoms with Gasteiger partial charge in [0.15, 0.2) is 0 Å². The molecule has 0 aliphatic carbocycles. The zero-order valence-corrected chi connectivity index (χ0v) is 14.0. The molecule has 3 aromatic rings. The number of nitrogens with one attached hydrogen (secondary N) is 2. The highest BCUT2D eigenvalue weighted by atomic mass is 35.5. The molecular formula is C18H13Cl2N3O. The van der Waals surface area contributed by atoms with Crippen molar-refractivity contribution in [2.45, 2.75) is 0 Å². The van der Waals surface area contributed by atoms with Crippen molar-refractivity contribution in [3.63, 3.8) is 0 Å². The van der Waals surface area contributed by atoms with Crippen LogP contribution in [0.1, 0.15) is 10.5 Å². The summed E-state index contributed by atoms with van der Waals surface area (Å²) in [6.45, 7) is 0. The zero-order chi connectivity index (χ0) is 16.9. The molecule has 2 N–H and O–H groups in total. The Morgan fingerprint density at radius 1 is 0.833 bits per heavy atom. The highest BCUT2D eigenvalue weighted by molar-refractivity contribution is 6.42. The van der Waals surface area contributed by atoms with Crippen LogP contribution >= 0.6 is 23.2 Å². The van der Waals surface area contributed by atoms with E-state index in [4.69, 9.17) is 23.2 Å². The molecule has 3 rings (SSSR count). The molecule has 24 heavy (non-hydrogen) atoms. The molecule has 1 amide bonds. The average Bonchev–Trinajstić information content (AvgIpc) is 2.59. The van der Waals surface area contributed by atoms with E-state index in [1.807, 2.05) is 30.3 Å². The van der Waals surface area contributed by atoms with Gasteiger partial charge >= 0.3 is 0 Å². The van der Waals surface area contributed by atoms with Crippen molar-refractivity contribution in [3.05, 3.63) is 82.6 Å². The lowest BCUT2D eigenvalue weighted by Crippen LogP contribution is -2.13. The van der Waals surface area contributed by atoms with E-state index < -0.39 is 0 Å². The largest absolute Gasteiger partial charge is 0.355 e. The number of rotatable bonds is 4. The summed E-state index contributed by atoms with van der Waals surface area (Å²) in [6, 6.07) is 17.9. The van der Waals surface area contributed by atoms with Crippen LogP contribution in [0.4, 0.5) is 17.1 Å². The highest BCUT2D eigenvalue weighted by Gasteiger charge is 2.09. The van der Waals surface area contributed by atoms with Gasteiger partial charge in [0, 0.05) is 23.3 Å². The maximum Gasteiger partial charge on any atom is 0.274 e. The van der Waals surface area contributed by atoms with Gasteiger partial charge in [-0.3, -0.25) is 9.78 Å². The molecule has 6 heteroatoms. The number of hydrogen-bond donors (Lipinski definition) is 2. The number of pyridine rings is 1. The first-order valence-corrected chi connectivity index (χ1v) is 7.92. The number of benzene rings is 2. The maximum absolute atomic E-state index is 12.3. The molecule has 0 aliphatic heterocycles. The number of nitrogens with zero attached hydrogens (tertiary/aromatic N) is 1. The van der Waals surface area contributed by atoms with Gasteiger partial charge in [0.2, 0.25) is 0 Å². The Morgan fingerprint density at radius 2 is 1.58 bits per heavy atom. The van der Waals surface area contributed by atoms with E-state index in [0.717, 1.165) is 11.4 Å². The lowest BCUT2D eigenvalue weighted by molar-refractivity contribution is 0.102. The summed E-state index contributed by atoms with van der Waals surface area (Å²) in [6.07, 6.45) is 1.57. The Bertz CT molecular complexity index is 869. The molecule has 0 atom stereocenters. The van der Waals surface area contributed by atoms with Crippen LogP contribution in [0.25, 0.3) is 0 Å². The number of anilines is 3. The Kier molecular flexibility index (Phi) is 4.99. The number of aromatic nitrogens is 1. The van der Waals surface area contributed by atoms with Crippen molar-refractivity contribution in [1.82, 2.24) is 4.98 Å². The fourth-order valence-electron chi connectivity index (χ4n) is 2.09. The molecule has 0 aliphatic rings. The average molecular weight is 358 g/mol. The van der Waals surface area contributed by atoms with E-state index >= 15 is 0 Å². The molecule has 4 nitrogen and oxygen atoms in total. The number of hydrogen-bond acceptors (Lipinski definition) is 3. The van der Waals surface area contributed by atoms with E-state index in [2.05, 4.69) is 15.6 Å². The molecule has 0 fully saturated rings. The van der Waals surface area contributed by atoms with Crippen LogP contribution in [0, 0.1) is 0 Å². The van der Waals surface area contributed by atoms with Gasteiger partial charge in [-0.1, -0.05) is 41.4 Å². The molecule has 0 radical (unpaired) electrons. The van der Waals surface area contributed by atoms with Crippen LogP contribution in [0.15, 0.2) is 66.9 Å². The van der Waals surface area contributed by atoms with Crippen LogP contribution in [0.2, 0.25) is 10.0 Å². The Morgan fingerprint density at radius 3 is 2.33 bits per heavy atom. The van der Waals surface area contributed by atoms with Crippen LogP contribution in [0.5, 0.6) is 0 Å². The third-order valence-corrected chi connectivity index (χ3v) is 3.97. The van der Waals surface area contributed by atoms with Crippen molar-refractivity contribution in [3.8, 4) is 0 Å². The van der Waals surface area contributed by atoms with Gasteiger partial charge in [-0.15, -0.1) is 0 Å². The summed E-state index contributed by atoms with van der Waals surface area (Å²) in [5.41, 5.74) is 2.52. The quantitative estimate of drug-likeness (QED) is 0.658. The minimum absolute atomic E-state index is 0.279. The predicted octanol–water partition coefficient (Wildman–Crippen LogP) is 5.38. The Balaban J connectivity index is 1.76. The SMILES string of the molecule is O=C(Nc1ccccc1)c1cc(Nc2ccc(Cl)c(Cl)c2)ccn1. The van der Waals surface area contributed by atoms with Crippen molar-refractivity contribution < 1.29 is 4.79 Å². The van der Waals surface area contributed by atoms with Crippen molar-refractivity contribution in [2.24, 2.45) is 0 Å². The number of carbonyl (C=O) groups excluding carboxylic acids is 1. The fraction of sp³-hybridized carbons (Fsp3) is 0. The summed E-state index contributed by atoms with van der Waals surface area (Å²) < 4.78 is 0. The minimum atomic E-state index is -0.279. The summed E-state index contributed by atoms with van der Waals surface area (Å²) >= 11 is 11.9. The normalized spacial score (nSPS) is 10.2. The monoisotopic (exact) mass is 357 g/mol. The van der Waals surface area contributed by atoms with Crippen LogP contribution < -0.4 is 10.6 Å². The van der Waals surface area contributed by atoms with Crippen LogP contribution in [-0.4, -0.2) is 10.9 Å². The number of para-hydroxylation sites is 1. The second kappa shape index (κ2) is 7.34.